The van der Waals surface area contributed by atoms with Gasteiger partial charge in [-0.1, -0.05) is 11.6 Å². The van der Waals surface area contributed by atoms with Crippen LogP contribution in [-0.4, -0.2) is 61.1 Å². The van der Waals surface area contributed by atoms with Crippen molar-refractivity contribution in [3.05, 3.63) is 28.3 Å². The molecule has 138 valence electrons. The highest BCUT2D eigenvalue weighted by molar-refractivity contribution is 6.31. The van der Waals surface area contributed by atoms with Crippen LogP contribution in [0.4, 0.5) is 4.79 Å². The molecule has 1 N–H and O–H groups in total. The summed E-state index contributed by atoms with van der Waals surface area (Å²) in [5.41, 5.74) is 1.32. The van der Waals surface area contributed by atoms with E-state index in [4.69, 9.17) is 16.3 Å². The number of rotatable bonds is 3. The van der Waals surface area contributed by atoms with Gasteiger partial charge in [0.25, 0.3) is 5.91 Å². The predicted molar refractivity (Wildman–Crippen MR) is 98.5 cm³/mol. The number of hydrogen-bond donors (Lipinski definition) is 1. The topological polar surface area (TPSA) is 61.9 Å². The summed E-state index contributed by atoms with van der Waals surface area (Å²) in [5.74, 6) is 0.399. The van der Waals surface area contributed by atoms with E-state index in [-0.39, 0.29) is 18.0 Å². The quantitative estimate of drug-likeness (QED) is 0.893. The fourth-order valence-electron chi connectivity index (χ4n) is 2.82. The number of aryl methyl sites for hydroxylation is 1. The maximum Gasteiger partial charge on any atom is 0.317 e. The van der Waals surface area contributed by atoms with E-state index in [9.17, 15) is 9.59 Å². The van der Waals surface area contributed by atoms with Crippen LogP contribution in [-0.2, 0) is 0 Å². The van der Waals surface area contributed by atoms with E-state index in [1.54, 1.807) is 29.0 Å². The highest BCUT2D eigenvalue weighted by Gasteiger charge is 2.25. The Labute approximate surface area is 154 Å². The lowest BCUT2D eigenvalue weighted by Gasteiger charge is -2.24. The molecular formula is C18H26ClN3O3. The molecule has 1 aromatic rings. The van der Waals surface area contributed by atoms with Crippen LogP contribution in [0.3, 0.4) is 0 Å². The Kier molecular flexibility index (Phi) is 6.53. The Hall–Kier alpha value is -1.95. The number of amides is 3. The Morgan fingerprint density at radius 2 is 1.80 bits per heavy atom. The van der Waals surface area contributed by atoms with Crippen molar-refractivity contribution in [3.8, 4) is 5.75 Å². The summed E-state index contributed by atoms with van der Waals surface area (Å²) in [4.78, 5) is 28.6. The molecule has 3 amide bonds. The summed E-state index contributed by atoms with van der Waals surface area (Å²) in [6, 6.07) is 3.44. The van der Waals surface area contributed by atoms with Gasteiger partial charge in [-0.3, -0.25) is 4.79 Å². The van der Waals surface area contributed by atoms with E-state index < -0.39 is 0 Å². The van der Waals surface area contributed by atoms with Gasteiger partial charge >= 0.3 is 6.03 Å². The molecule has 0 atom stereocenters. The van der Waals surface area contributed by atoms with E-state index in [1.165, 1.54) is 0 Å². The van der Waals surface area contributed by atoms with E-state index in [2.05, 4.69) is 5.32 Å². The maximum absolute atomic E-state index is 12.9. The molecule has 1 saturated heterocycles. The number of ether oxygens (including phenoxy) is 1. The Morgan fingerprint density at radius 1 is 1.16 bits per heavy atom. The van der Waals surface area contributed by atoms with Crippen molar-refractivity contribution in [2.75, 3.05) is 33.3 Å². The van der Waals surface area contributed by atoms with Crippen LogP contribution in [0.1, 0.15) is 36.2 Å². The van der Waals surface area contributed by atoms with Crippen LogP contribution >= 0.6 is 11.6 Å². The second kappa shape index (κ2) is 8.43. The number of urea groups is 1. The lowest BCUT2D eigenvalue weighted by atomic mass is 10.1. The average Bonchev–Trinajstić information content (AvgIpc) is 2.81. The van der Waals surface area contributed by atoms with Crippen molar-refractivity contribution < 1.29 is 14.3 Å². The largest absolute Gasteiger partial charge is 0.496 e. The number of carbonyl (C=O) groups is 2. The summed E-state index contributed by atoms with van der Waals surface area (Å²) in [5, 5.41) is 3.43. The number of hydrogen-bond acceptors (Lipinski definition) is 3. The number of benzene rings is 1. The Morgan fingerprint density at radius 3 is 2.44 bits per heavy atom. The number of methoxy groups -OCH3 is 1. The van der Waals surface area contributed by atoms with Gasteiger partial charge in [-0.05, 0) is 44.9 Å². The van der Waals surface area contributed by atoms with E-state index in [0.29, 0.717) is 42.5 Å². The molecule has 0 saturated carbocycles. The first-order chi connectivity index (χ1) is 11.8. The van der Waals surface area contributed by atoms with Gasteiger partial charge in [-0.2, -0.15) is 0 Å². The number of carbonyl (C=O) groups excluding carboxylic acids is 2. The first-order valence-electron chi connectivity index (χ1n) is 8.52. The second-order valence-corrected chi connectivity index (χ2v) is 6.95. The van der Waals surface area contributed by atoms with Gasteiger partial charge in [0.1, 0.15) is 5.75 Å². The van der Waals surface area contributed by atoms with Gasteiger partial charge in [0.15, 0.2) is 0 Å². The van der Waals surface area contributed by atoms with Crippen LogP contribution in [0.15, 0.2) is 12.1 Å². The highest BCUT2D eigenvalue weighted by atomic mass is 35.5. The summed E-state index contributed by atoms with van der Waals surface area (Å²) in [6.07, 6.45) is 0.735. The third kappa shape index (κ3) is 4.78. The third-order valence-corrected chi connectivity index (χ3v) is 4.60. The van der Waals surface area contributed by atoms with Crippen molar-refractivity contribution in [3.63, 3.8) is 0 Å². The maximum atomic E-state index is 12.9. The van der Waals surface area contributed by atoms with Gasteiger partial charge in [0.2, 0.25) is 0 Å². The summed E-state index contributed by atoms with van der Waals surface area (Å²) < 4.78 is 5.35. The smallest absolute Gasteiger partial charge is 0.317 e. The minimum absolute atomic E-state index is 0.0831. The van der Waals surface area contributed by atoms with Gasteiger partial charge in [0, 0.05) is 37.2 Å². The van der Waals surface area contributed by atoms with Crippen molar-refractivity contribution in [1.82, 2.24) is 15.1 Å². The molecule has 1 fully saturated rings. The zero-order valence-electron chi connectivity index (χ0n) is 15.3. The minimum Gasteiger partial charge on any atom is -0.496 e. The molecule has 1 heterocycles. The molecule has 0 spiro atoms. The SMILES string of the molecule is COc1cc(C)c(Cl)cc1C(=O)N1CCCN(C(=O)NC(C)C)CC1. The second-order valence-electron chi connectivity index (χ2n) is 6.54. The molecule has 0 radical (unpaired) electrons. The monoisotopic (exact) mass is 367 g/mol. The lowest BCUT2D eigenvalue weighted by Crippen LogP contribution is -2.44. The number of nitrogens with zero attached hydrogens (tertiary/aromatic N) is 2. The van der Waals surface area contributed by atoms with Gasteiger partial charge in [-0.15, -0.1) is 0 Å². The first-order valence-corrected chi connectivity index (χ1v) is 8.90. The van der Waals surface area contributed by atoms with Crippen molar-refractivity contribution in [1.29, 1.82) is 0 Å². The highest BCUT2D eigenvalue weighted by Crippen LogP contribution is 2.28. The third-order valence-electron chi connectivity index (χ3n) is 4.19. The Bertz CT molecular complexity index is 649. The van der Waals surface area contributed by atoms with E-state index in [1.807, 2.05) is 20.8 Å². The van der Waals surface area contributed by atoms with Gasteiger partial charge in [0.05, 0.1) is 12.7 Å². The fourth-order valence-corrected chi connectivity index (χ4v) is 2.99. The normalized spacial score (nSPS) is 15.1. The van der Waals surface area contributed by atoms with Crippen molar-refractivity contribution >= 4 is 23.5 Å². The molecule has 7 heteroatoms. The number of nitrogens with one attached hydrogen (secondary N) is 1. The van der Waals surface area contributed by atoms with E-state index >= 15 is 0 Å². The molecule has 0 unspecified atom stereocenters. The first kappa shape index (κ1) is 19.4. The molecule has 0 bridgehead atoms. The van der Waals surface area contributed by atoms with Crippen LogP contribution in [0.5, 0.6) is 5.75 Å². The van der Waals surface area contributed by atoms with Crippen LogP contribution < -0.4 is 10.1 Å². The predicted octanol–water partition coefficient (Wildman–Crippen LogP) is 2.92. The summed E-state index contributed by atoms with van der Waals surface area (Å²) >= 11 is 6.18. The minimum atomic E-state index is -0.120. The van der Waals surface area contributed by atoms with Gasteiger partial charge < -0.3 is 19.9 Å². The zero-order chi connectivity index (χ0) is 18.6. The standard InChI is InChI=1S/C18H26ClN3O3/c1-12(2)20-18(24)22-7-5-6-21(8-9-22)17(23)14-11-15(19)13(3)10-16(14)25-4/h10-12H,5-9H2,1-4H3,(H,20,24). The summed E-state index contributed by atoms with van der Waals surface area (Å²) in [7, 11) is 1.54. The fraction of sp³-hybridized carbons (Fsp3) is 0.556. The molecular weight excluding hydrogens is 342 g/mol. The number of halogens is 1. The van der Waals surface area contributed by atoms with Crippen LogP contribution in [0, 0.1) is 6.92 Å². The molecule has 1 aliphatic rings. The molecule has 1 aliphatic heterocycles. The van der Waals surface area contributed by atoms with Crippen LogP contribution in [0.2, 0.25) is 5.02 Å². The van der Waals surface area contributed by atoms with Crippen LogP contribution in [0.25, 0.3) is 0 Å². The van der Waals surface area contributed by atoms with Crippen molar-refractivity contribution in [2.24, 2.45) is 0 Å². The molecule has 0 aromatic heterocycles. The van der Waals surface area contributed by atoms with Gasteiger partial charge in [-0.25, -0.2) is 4.79 Å². The molecule has 6 nitrogen and oxygen atoms in total. The average molecular weight is 368 g/mol. The summed E-state index contributed by atoms with van der Waals surface area (Å²) in [6.45, 7) is 7.95. The molecule has 0 aliphatic carbocycles. The zero-order valence-corrected chi connectivity index (χ0v) is 16.0. The molecule has 1 aromatic carbocycles. The lowest BCUT2D eigenvalue weighted by molar-refractivity contribution is 0.0759. The molecule has 2 rings (SSSR count). The Balaban J connectivity index is 2.11. The van der Waals surface area contributed by atoms with E-state index in [0.717, 1.165) is 12.0 Å². The molecule has 25 heavy (non-hydrogen) atoms. The van der Waals surface area contributed by atoms with Crippen molar-refractivity contribution in [2.45, 2.75) is 33.2 Å².